The third-order valence-electron chi connectivity index (χ3n) is 4.28. The van der Waals surface area contributed by atoms with E-state index < -0.39 is 0 Å². The van der Waals surface area contributed by atoms with Gasteiger partial charge in [0, 0.05) is 17.5 Å². The second-order valence-electron chi connectivity index (χ2n) is 7.13. The number of carbonyl (C=O) groups excluding carboxylic acids is 2. The first-order chi connectivity index (χ1) is 12.9. The van der Waals surface area contributed by atoms with Crippen molar-refractivity contribution in [3.8, 4) is 0 Å². The maximum Gasteiger partial charge on any atom is 0.253 e. The second-order valence-corrected chi connectivity index (χ2v) is 7.13. The number of nitrogens with one attached hydrogen (secondary N) is 2. The van der Waals surface area contributed by atoms with Crippen molar-refractivity contribution >= 4 is 28.5 Å². The Labute approximate surface area is 158 Å². The van der Waals surface area contributed by atoms with Gasteiger partial charge in [0.25, 0.3) is 5.91 Å². The number of hydrogen-bond donors (Lipinski definition) is 2. The number of anilines is 1. The van der Waals surface area contributed by atoms with Crippen molar-refractivity contribution in [3.05, 3.63) is 65.4 Å². The van der Waals surface area contributed by atoms with Crippen LogP contribution in [-0.2, 0) is 11.2 Å². The van der Waals surface area contributed by atoms with Crippen molar-refractivity contribution in [3.63, 3.8) is 0 Å². The SMILES string of the molecule is Cc1ccc2c(CC(=O)Nc3ccccc3C(=O)NCC(C)C)coc2c1. The summed E-state index contributed by atoms with van der Waals surface area (Å²) in [5.74, 6) is -0.0278. The highest BCUT2D eigenvalue weighted by Gasteiger charge is 2.15. The molecule has 0 fully saturated rings. The normalized spacial score (nSPS) is 11.0. The summed E-state index contributed by atoms with van der Waals surface area (Å²) < 4.78 is 5.55. The molecule has 0 spiro atoms. The highest BCUT2D eigenvalue weighted by molar-refractivity contribution is 6.04. The highest BCUT2D eigenvalue weighted by Crippen LogP contribution is 2.23. The topological polar surface area (TPSA) is 71.3 Å². The van der Waals surface area contributed by atoms with E-state index in [9.17, 15) is 9.59 Å². The van der Waals surface area contributed by atoms with Gasteiger partial charge in [-0.05, 0) is 36.6 Å². The van der Waals surface area contributed by atoms with E-state index >= 15 is 0 Å². The fourth-order valence-electron chi connectivity index (χ4n) is 2.88. The number of hydrogen-bond acceptors (Lipinski definition) is 3. The molecule has 0 bridgehead atoms. The molecule has 5 nitrogen and oxygen atoms in total. The first kappa shape index (κ1) is 18.7. The molecule has 2 aromatic carbocycles. The van der Waals surface area contributed by atoms with Crippen LogP contribution in [0.25, 0.3) is 11.0 Å². The molecule has 140 valence electrons. The van der Waals surface area contributed by atoms with Gasteiger partial charge in [0.1, 0.15) is 5.58 Å². The smallest absolute Gasteiger partial charge is 0.253 e. The summed E-state index contributed by atoms with van der Waals surface area (Å²) in [6.45, 7) is 6.65. The Kier molecular flexibility index (Phi) is 5.60. The lowest BCUT2D eigenvalue weighted by Crippen LogP contribution is -2.28. The number of para-hydroxylation sites is 1. The summed E-state index contributed by atoms with van der Waals surface area (Å²) in [6, 6.07) is 12.9. The van der Waals surface area contributed by atoms with Crippen LogP contribution in [-0.4, -0.2) is 18.4 Å². The molecule has 0 aliphatic carbocycles. The van der Waals surface area contributed by atoms with Crippen molar-refractivity contribution in [2.24, 2.45) is 5.92 Å². The summed E-state index contributed by atoms with van der Waals surface area (Å²) >= 11 is 0. The van der Waals surface area contributed by atoms with Crippen molar-refractivity contribution < 1.29 is 14.0 Å². The Morgan fingerprint density at radius 1 is 1.11 bits per heavy atom. The minimum absolute atomic E-state index is 0.179. The van der Waals surface area contributed by atoms with E-state index in [1.54, 1.807) is 30.5 Å². The van der Waals surface area contributed by atoms with Gasteiger partial charge in [0.05, 0.1) is 23.9 Å². The van der Waals surface area contributed by atoms with Crippen LogP contribution in [0.2, 0.25) is 0 Å². The monoisotopic (exact) mass is 364 g/mol. The fraction of sp³-hybridized carbons (Fsp3) is 0.273. The Morgan fingerprint density at radius 3 is 2.67 bits per heavy atom. The van der Waals surface area contributed by atoms with Gasteiger partial charge in [0.15, 0.2) is 0 Å². The van der Waals surface area contributed by atoms with Gasteiger partial charge in [-0.1, -0.05) is 38.1 Å². The zero-order chi connectivity index (χ0) is 19.4. The van der Waals surface area contributed by atoms with E-state index in [-0.39, 0.29) is 18.2 Å². The van der Waals surface area contributed by atoms with Gasteiger partial charge < -0.3 is 15.1 Å². The summed E-state index contributed by atoms with van der Waals surface area (Å²) in [7, 11) is 0. The standard InChI is InChI=1S/C22H24N2O3/c1-14(2)12-23-22(26)18-6-4-5-7-19(18)24-21(25)11-16-13-27-20-10-15(3)8-9-17(16)20/h4-10,13-14H,11-12H2,1-3H3,(H,23,26)(H,24,25). The largest absolute Gasteiger partial charge is 0.464 e. The van der Waals surface area contributed by atoms with E-state index in [0.717, 1.165) is 22.1 Å². The highest BCUT2D eigenvalue weighted by atomic mass is 16.3. The van der Waals surface area contributed by atoms with Crippen LogP contribution in [0, 0.1) is 12.8 Å². The second kappa shape index (κ2) is 8.08. The van der Waals surface area contributed by atoms with E-state index in [2.05, 4.69) is 10.6 Å². The Balaban J connectivity index is 1.73. The number of carbonyl (C=O) groups is 2. The molecule has 1 aromatic heterocycles. The van der Waals surface area contributed by atoms with E-state index in [1.807, 2.05) is 39.0 Å². The molecule has 0 atom stereocenters. The summed E-state index contributed by atoms with van der Waals surface area (Å²) in [6.07, 6.45) is 1.79. The number of aryl methyl sites for hydroxylation is 1. The van der Waals surface area contributed by atoms with Crippen molar-refractivity contribution in [2.75, 3.05) is 11.9 Å². The molecule has 3 aromatic rings. The van der Waals surface area contributed by atoms with Crippen LogP contribution in [0.1, 0.15) is 35.3 Å². The molecule has 0 aliphatic rings. The predicted molar refractivity (Wildman–Crippen MR) is 107 cm³/mol. The first-order valence-corrected chi connectivity index (χ1v) is 9.08. The number of rotatable bonds is 6. The summed E-state index contributed by atoms with van der Waals surface area (Å²) in [5, 5.41) is 6.66. The lowest BCUT2D eigenvalue weighted by atomic mass is 10.1. The molecule has 0 saturated heterocycles. The van der Waals surface area contributed by atoms with Crippen molar-refractivity contribution in [1.29, 1.82) is 0 Å². The zero-order valence-corrected chi connectivity index (χ0v) is 15.8. The summed E-state index contributed by atoms with van der Waals surface area (Å²) in [4.78, 5) is 24.9. The van der Waals surface area contributed by atoms with Gasteiger partial charge in [-0.15, -0.1) is 0 Å². The molecular weight excluding hydrogens is 340 g/mol. The molecule has 2 amide bonds. The molecule has 27 heavy (non-hydrogen) atoms. The summed E-state index contributed by atoms with van der Waals surface area (Å²) in [5.41, 5.74) is 3.66. The zero-order valence-electron chi connectivity index (χ0n) is 15.8. The molecule has 3 rings (SSSR count). The third kappa shape index (κ3) is 4.56. The number of furan rings is 1. The maximum absolute atomic E-state index is 12.5. The van der Waals surface area contributed by atoms with Crippen molar-refractivity contribution in [2.45, 2.75) is 27.2 Å². The lowest BCUT2D eigenvalue weighted by molar-refractivity contribution is -0.115. The molecule has 0 aliphatic heterocycles. The number of amides is 2. The minimum atomic E-state index is -0.192. The quantitative estimate of drug-likeness (QED) is 0.685. The lowest BCUT2D eigenvalue weighted by Gasteiger charge is -2.12. The molecule has 0 radical (unpaired) electrons. The van der Waals surface area contributed by atoms with Gasteiger partial charge in [-0.3, -0.25) is 9.59 Å². The third-order valence-corrected chi connectivity index (χ3v) is 4.28. The first-order valence-electron chi connectivity index (χ1n) is 9.08. The molecule has 2 N–H and O–H groups in total. The molecule has 1 heterocycles. The van der Waals surface area contributed by atoms with E-state index in [1.165, 1.54) is 0 Å². The Bertz CT molecular complexity index is 973. The van der Waals surface area contributed by atoms with Crippen molar-refractivity contribution in [1.82, 2.24) is 5.32 Å². The van der Waals surface area contributed by atoms with Crippen LogP contribution in [0.15, 0.2) is 53.1 Å². The van der Waals surface area contributed by atoms with Crippen LogP contribution in [0.4, 0.5) is 5.69 Å². The fourth-order valence-corrected chi connectivity index (χ4v) is 2.88. The number of benzene rings is 2. The van der Waals surface area contributed by atoms with Gasteiger partial charge in [-0.25, -0.2) is 0 Å². The van der Waals surface area contributed by atoms with Gasteiger partial charge in [-0.2, -0.15) is 0 Å². The molecule has 5 heteroatoms. The molecule has 0 saturated carbocycles. The minimum Gasteiger partial charge on any atom is -0.464 e. The van der Waals surface area contributed by atoms with E-state index in [0.29, 0.717) is 23.7 Å². The van der Waals surface area contributed by atoms with Crippen LogP contribution in [0.5, 0.6) is 0 Å². The van der Waals surface area contributed by atoms with Crippen LogP contribution < -0.4 is 10.6 Å². The average molecular weight is 364 g/mol. The molecule has 0 unspecified atom stereocenters. The Morgan fingerprint density at radius 2 is 1.89 bits per heavy atom. The average Bonchev–Trinajstić information content (AvgIpc) is 3.01. The van der Waals surface area contributed by atoms with Gasteiger partial charge >= 0.3 is 0 Å². The molecular formula is C22H24N2O3. The maximum atomic E-state index is 12.5. The van der Waals surface area contributed by atoms with Crippen LogP contribution >= 0.6 is 0 Å². The van der Waals surface area contributed by atoms with Crippen LogP contribution in [0.3, 0.4) is 0 Å². The van der Waals surface area contributed by atoms with E-state index in [4.69, 9.17) is 4.42 Å². The predicted octanol–water partition coefficient (Wildman–Crippen LogP) is 4.31. The van der Waals surface area contributed by atoms with Gasteiger partial charge in [0.2, 0.25) is 5.91 Å². The Hall–Kier alpha value is -3.08. The number of fused-ring (bicyclic) bond motifs is 1.